The summed E-state index contributed by atoms with van der Waals surface area (Å²) in [5.41, 5.74) is 2.23. The van der Waals surface area contributed by atoms with Gasteiger partial charge in [-0.2, -0.15) is 0 Å². The minimum atomic E-state index is 0.0503. The second-order valence-corrected chi connectivity index (χ2v) is 5.34. The SMILES string of the molecule is Oc1ccc(Cc2cnc(I)c3ccccc23)cn1. The lowest BCUT2D eigenvalue weighted by molar-refractivity contribution is 0.453. The van der Waals surface area contributed by atoms with E-state index in [1.54, 1.807) is 12.3 Å². The van der Waals surface area contributed by atoms with Gasteiger partial charge in [0, 0.05) is 30.3 Å². The molecule has 3 nitrogen and oxygen atoms in total. The zero-order chi connectivity index (χ0) is 13.2. The van der Waals surface area contributed by atoms with Gasteiger partial charge in [0.25, 0.3) is 0 Å². The highest BCUT2D eigenvalue weighted by Gasteiger charge is 2.06. The van der Waals surface area contributed by atoms with Crippen molar-refractivity contribution in [3.8, 4) is 5.88 Å². The van der Waals surface area contributed by atoms with Crippen molar-refractivity contribution in [2.24, 2.45) is 0 Å². The summed E-state index contributed by atoms with van der Waals surface area (Å²) in [5, 5.41) is 11.6. The highest BCUT2D eigenvalue weighted by molar-refractivity contribution is 14.1. The Hall–Kier alpha value is -1.69. The van der Waals surface area contributed by atoms with Crippen LogP contribution in [0.5, 0.6) is 5.88 Å². The predicted octanol–water partition coefficient (Wildman–Crippen LogP) is 3.53. The van der Waals surface area contributed by atoms with Crippen LogP contribution >= 0.6 is 22.6 Å². The molecular weight excluding hydrogens is 351 g/mol. The van der Waals surface area contributed by atoms with Gasteiger partial charge in [0.05, 0.1) is 0 Å². The Balaban J connectivity index is 2.06. The zero-order valence-corrected chi connectivity index (χ0v) is 12.2. The van der Waals surface area contributed by atoms with Crippen molar-refractivity contribution < 1.29 is 5.11 Å². The average molecular weight is 362 g/mol. The third-order valence-electron chi connectivity index (χ3n) is 3.03. The molecule has 2 aromatic heterocycles. The van der Waals surface area contributed by atoms with E-state index in [0.717, 1.165) is 15.7 Å². The van der Waals surface area contributed by atoms with E-state index in [4.69, 9.17) is 0 Å². The first-order valence-electron chi connectivity index (χ1n) is 5.90. The van der Waals surface area contributed by atoms with E-state index in [0.29, 0.717) is 0 Å². The molecule has 0 amide bonds. The molecule has 0 fully saturated rings. The first-order valence-corrected chi connectivity index (χ1v) is 6.98. The maximum absolute atomic E-state index is 9.21. The summed E-state index contributed by atoms with van der Waals surface area (Å²) in [5.74, 6) is 0.0503. The molecular formula is C15H11IN2O. The van der Waals surface area contributed by atoms with Crippen molar-refractivity contribution in [1.82, 2.24) is 9.97 Å². The summed E-state index contributed by atoms with van der Waals surface area (Å²) in [6.07, 6.45) is 4.37. The fraction of sp³-hybridized carbons (Fsp3) is 0.0667. The molecule has 1 aromatic carbocycles. The number of nitrogens with zero attached hydrogens (tertiary/aromatic N) is 2. The van der Waals surface area contributed by atoms with Crippen molar-refractivity contribution in [1.29, 1.82) is 0 Å². The largest absolute Gasteiger partial charge is 0.493 e. The number of hydrogen-bond acceptors (Lipinski definition) is 3. The van der Waals surface area contributed by atoms with Crippen LogP contribution in [0.3, 0.4) is 0 Å². The molecule has 0 unspecified atom stereocenters. The molecule has 2 heterocycles. The third-order valence-corrected chi connectivity index (χ3v) is 3.89. The van der Waals surface area contributed by atoms with Crippen molar-refractivity contribution in [2.75, 3.05) is 0 Å². The van der Waals surface area contributed by atoms with Gasteiger partial charge >= 0.3 is 0 Å². The molecule has 1 N–H and O–H groups in total. The molecule has 0 saturated carbocycles. The number of fused-ring (bicyclic) bond motifs is 1. The molecule has 0 aliphatic rings. The van der Waals surface area contributed by atoms with E-state index < -0.39 is 0 Å². The monoisotopic (exact) mass is 362 g/mol. The summed E-state index contributed by atoms with van der Waals surface area (Å²) in [7, 11) is 0. The summed E-state index contributed by atoms with van der Waals surface area (Å²) in [4.78, 5) is 8.34. The Morgan fingerprint density at radius 2 is 1.74 bits per heavy atom. The second-order valence-electron chi connectivity index (χ2n) is 4.32. The van der Waals surface area contributed by atoms with Crippen LogP contribution in [-0.4, -0.2) is 15.1 Å². The minimum absolute atomic E-state index is 0.0503. The van der Waals surface area contributed by atoms with E-state index in [-0.39, 0.29) is 5.88 Å². The Morgan fingerprint density at radius 3 is 2.47 bits per heavy atom. The average Bonchev–Trinajstić information content (AvgIpc) is 2.45. The van der Waals surface area contributed by atoms with Crippen LogP contribution in [0, 0.1) is 3.70 Å². The molecule has 3 aromatic rings. The summed E-state index contributed by atoms with van der Waals surface area (Å²) < 4.78 is 1.01. The summed E-state index contributed by atoms with van der Waals surface area (Å²) >= 11 is 2.25. The smallest absolute Gasteiger partial charge is 0.210 e. The second kappa shape index (κ2) is 5.13. The fourth-order valence-corrected chi connectivity index (χ4v) is 2.71. The third kappa shape index (κ3) is 2.53. The van der Waals surface area contributed by atoms with Gasteiger partial charge in [0.2, 0.25) is 5.88 Å². The number of halogens is 1. The van der Waals surface area contributed by atoms with Gasteiger partial charge in [-0.3, -0.25) is 0 Å². The highest BCUT2D eigenvalue weighted by Crippen LogP contribution is 2.24. The van der Waals surface area contributed by atoms with Crippen molar-refractivity contribution in [2.45, 2.75) is 6.42 Å². The van der Waals surface area contributed by atoms with Crippen molar-refractivity contribution >= 4 is 33.4 Å². The van der Waals surface area contributed by atoms with Gasteiger partial charge in [0.15, 0.2) is 0 Å². The first-order chi connectivity index (χ1) is 9.24. The van der Waals surface area contributed by atoms with E-state index in [1.165, 1.54) is 16.3 Å². The van der Waals surface area contributed by atoms with E-state index in [9.17, 15) is 5.11 Å². The Morgan fingerprint density at radius 1 is 0.947 bits per heavy atom. The maximum Gasteiger partial charge on any atom is 0.210 e. The molecule has 0 aliphatic heterocycles. The zero-order valence-electron chi connectivity index (χ0n) is 10.0. The highest BCUT2D eigenvalue weighted by atomic mass is 127. The topological polar surface area (TPSA) is 46.0 Å². The van der Waals surface area contributed by atoms with Crippen LogP contribution in [-0.2, 0) is 6.42 Å². The van der Waals surface area contributed by atoms with E-state index in [1.807, 2.05) is 24.4 Å². The fourth-order valence-electron chi connectivity index (χ4n) is 2.10. The van der Waals surface area contributed by atoms with Gasteiger partial charge in [-0.15, -0.1) is 0 Å². The van der Waals surface area contributed by atoms with E-state index in [2.05, 4.69) is 44.7 Å². The Kier molecular flexibility index (Phi) is 3.33. The van der Waals surface area contributed by atoms with Gasteiger partial charge in [0.1, 0.15) is 3.70 Å². The molecule has 94 valence electrons. The molecule has 0 radical (unpaired) electrons. The van der Waals surface area contributed by atoms with Gasteiger partial charge in [-0.1, -0.05) is 30.3 Å². The number of benzene rings is 1. The van der Waals surface area contributed by atoms with Crippen molar-refractivity contribution in [3.63, 3.8) is 0 Å². The standard InChI is InChI=1S/C15H11IN2O/c16-15-13-4-2-1-3-12(13)11(9-18-15)7-10-5-6-14(19)17-8-10/h1-6,8-9H,7H2,(H,17,19). The molecule has 19 heavy (non-hydrogen) atoms. The number of rotatable bonds is 2. The lowest BCUT2D eigenvalue weighted by Gasteiger charge is -2.07. The van der Waals surface area contributed by atoms with Gasteiger partial charge < -0.3 is 5.11 Å². The van der Waals surface area contributed by atoms with Gasteiger partial charge in [-0.05, 0) is 39.1 Å². The van der Waals surface area contributed by atoms with Crippen LogP contribution in [0.2, 0.25) is 0 Å². The Labute approximate surface area is 124 Å². The summed E-state index contributed by atoms with van der Waals surface area (Å²) in [6.45, 7) is 0. The van der Waals surface area contributed by atoms with Crippen molar-refractivity contribution in [3.05, 3.63) is 63.6 Å². The lowest BCUT2D eigenvalue weighted by atomic mass is 10.0. The van der Waals surface area contributed by atoms with E-state index >= 15 is 0 Å². The van der Waals surface area contributed by atoms with Crippen LogP contribution < -0.4 is 0 Å². The summed E-state index contributed by atoms with van der Waals surface area (Å²) in [6, 6.07) is 11.8. The molecule has 4 heteroatoms. The molecule has 0 saturated heterocycles. The molecule has 3 rings (SSSR count). The molecule has 0 bridgehead atoms. The molecule has 0 aliphatic carbocycles. The molecule has 0 atom stereocenters. The predicted molar refractivity (Wildman–Crippen MR) is 83.2 cm³/mol. The molecule has 0 spiro atoms. The number of hydrogen-bond donors (Lipinski definition) is 1. The lowest BCUT2D eigenvalue weighted by Crippen LogP contribution is -1.94. The number of aromatic hydroxyl groups is 1. The minimum Gasteiger partial charge on any atom is -0.493 e. The normalized spacial score (nSPS) is 10.8. The number of aromatic nitrogens is 2. The maximum atomic E-state index is 9.21. The first kappa shape index (κ1) is 12.3. The van der Waals surface area contributed by atoms with Crippen LogP contribution in [0.25, 0.3) is 10.8 Å². The van der Waals surface area contributed by atoms with Crippen LogP contribution in [0.15, 0.2) is 48.8 Å². The Bertz CT molecular complexity index is 726. The van der Waals surface area contributed by atoms with Gasteiger partial charge in [-0.25, -0.2) is 9.97 Å². The quantitative estimate of drug-likeness (QED) is 0.561. The van der Waals surface area contributed by atoms with Crippen LogP contribution in [0.4, 0.5) is 0 Å². The number of pyridine rings is 2. The van der Waals surface area contributed by atoms with Crippen LogP contribution in [0.1, 0.15) is 11.1 Å².